The van der Waals surface area contributed by atoms with E-state index in [1.165, 1.54) is 34.9 Å². The van der Waals surface area contributed by atoms with Crippen LogP contribution in [0.4, 0.5) is 17.6 Å². The Kier molecular flexibility index (Phi) is 5.43. The first-order chi connectivity index (χ1) is 16.4. The Labute approximate surface area is 201 Å². The number of allylic oxidation sites excluding steroid dienone is 2. The Morgan fingerprint density at radius 3 is 2.31 bits per heavy atom. The summed E-state index contributed by atoms with van der Waals surface area (Å²) in [6.45, 7) is 3.97. The van der Waals surface area contributed by atoms with Crippen LogP contribution in [-0.2, 0) is 11.0 Å². The Morgan fingerprint density at radius 1 is 1.03 bits per heavy atom. The molecule has 0 bridgehead atoms. The van der Waals surface area contributed by atoms with Gasteiger partial charge in [-0.05, 0) is 53.3 Å². The third-order valence-corrected chi connectivity index (χ3v) is 7.20. The lowest BCUT2D eigenvalue weighted by molar-refractivity contribution is -0.137. The first-order valence-electron chi connectivity index (χ1n) is 10.9. The van der Waals surface area contributed by atoms with Crippen LogP contribution in [0.2, 0.25) is 0 Å². The fraction of sp³-hybridized carbons (Fsp3) is 0.269. The molecule has 180 valence electrons. The highest BCUT2D eigenvalue weighted by atomic mass is 32.1. The van der Waals surface area contributed by atoms with Crippen molar-refractivity contribution in [1.82, 2.24) is 4.57 Å². The Hall–Kier alpha value is -3.33. The van der Waals surface area contributed by atoms with Gasteiger partial charge in [-0.15, -0.1) is 0 Å². The van der Waals surface area contributed by atoms with E-state index in [1.54, 1.807) is 12.1 Å². The maximum absolute atomic E-state index is 13.6. The van der Waals surface area contributed by atoms with E-state index in [9.17, 15) is 27.2 Å². The zero-order valence-electron chi connectivity index (χ0n) is 18.8. The number of carbonyl (C=O) groups excluding carboxylic acids is 1. The van der Waals surface area contributed by atoms with Gasteiger partial charge in [-0.25, -0.2) is 9.38 Å². The Bertz CT molecular complexity index is 1540. The van der Waals surface area contributed by atoms with Gasteiger partial charge in [-0.2, -0.15) is 13.2 Å². The smallest absolute Gasteiger partial charge is 0.294 e. The quantitative estimate of drug-likeness (QED) is 0.477. The van der Waals surface area contributed by atoms with Crippen molar-refractivity contribution in [2.75, 3.05) is 0 Å². The van der Waals surface area contributed by atoms with Crippen molar-refractivity contribution in [3.63, 3.8) is 0 Å². The molecule has 0 saturated heterocycles. The lowest BCUT2D eigenvalue weighted by Gasteiger charge is -2.35. The number of thiazole rings is 1. The summed E-state index contributed by atoms with van der Waals surface area (Å²) in [6.07, 6.45) is -2.08. The van der Waals surface area contributed by atoms with Crippen molar-refractivity contribution in [2.24, 2.45) is 10.4 Å². The summed E-state index contributed by atoms with van der Waals surface area (Å²) in [5.74, 6) is -0.542. The van der Waals surface area contributed by atoms with Crippen LogP contribution in [0.3, 0.4) is 0 Å². The van der Waals surface area contributed by atoms with Gasteiger partial charge in [0, 0.05) is 12.0 Å². The second kappa shape index (κ2) is 8.12. The van der Waals surface area contributed by atoms with E-state index in [-0.39, 0.29) is 15.7 Å². The van der Waals surface area contributed by atoms with Crippen LogP contribution < -0.4 is 14.9 Å². The number of fused-ring (bicyclic) bond motifs is 1. The molecule has 0 fully saturated rings. The zero-order chi connectivity index (χ0) is 25.1. The molecule has 1 aliphatic carbocycles. The van der Waals surface area contributed by atoms with Crippen molar-refractivity contribution >= 4 is 23.2 Å². The van der Waals surface area contributed by atoms with Gasteiger partial charge in [0.2, 0.25) is 0 Å². The summed E-state index contributed by atoms with van der Waals surface area (Å²) < 4.78 is 54.1. The minimum atomic E-state index is -4.45. The summed E-state index contributed by atoms with van der Waals surface area (Å²) in [4.78, 5) is 31.8. The molecule has 0 N–H and O–H groups in total. The van der Waals surface area contributed by atoms with Gasteiger partial charge in [-0.1, -0.05) is 49.4 Å². The Morgan fingerprint density at radius 2 is 1.69 bits per heavy atom. The highest BCUT2D eigenvalue weighted by Crippen LogP contribution is 2.43. The van der Waals surface area contributed by atoms with Crippen molar-refractivity contribution in [1.29, 1.82) is 0 Å². The maximum Gasteiger partial charge on any atom is 0.416 e. The molecule has 35 heavy (non-hydrogen) atoms. The van der Waals surface area contributed by atoms with Crippen LogP contribution in [-0.4, -0.2) is 10.4 Å². The summed E-state index contributed by atoms with van der Waals surface area (Å²) in [7, 11) is 0. The molecule has 5 rings (SSSR count). The molecule has 3 aromatic rings. The van der Waals surface area contributed by atoms with Gasteiger partial charge in [0.15, 0.2) is 10.6 Å². The highest BCUT2D eigenvalue weighted by Gasteiger charge is 2.40. The molecule has 0 saturated carbocycles. The molecule has 1 aliphatic heterocycles. The van der Waals surface area contributed by atoms with Crippen LogP contribution in [0.5, 0.6) is 0 Å². The minimum absolute atomic E-state index is 0.105. The molecule has 9 heteroatoms. The van der Waals surface area contributed by atoms with Gasteiger partial charge < -0.3 is 0 Å². The van der Waals surface area contributed by atoms with Crippen molar-refractivity contribution < 1.29 is 22.4 Å². The van der Waals surface area contributed by atoms with Gasteiger partial charge in [0.05, 0.1) is 21.8 Å². The summed E-state index contributed by atoms with van der Waals surface area (Å²) in [5, 5.41) is 0. The molecule has 2 aliphatic rings. The molecule has 0 radical (unpaired) electrons. The number of hydrogen-bond acceptors (Lipinski definition) is 4. The molecular weight excluding hydrogens is 480 g/mol. The second-order valence-corrected chi connectivity index (χ2v) is 10.6. The normalized spacial score (nSPS) is 19.9. The Balaban J connectivity index is 1.70. The van der Waals surface area contributed by atoms with Crippen LogP contribution >= 0.6 is 11.3 Å². The average molecular weight is 501 g/mol. The maximum atomic E-state index is 13.6. The number of nitrogens with zero attached hydrogens (tertiary/aromatic N) is 2. The number of aromatic nitrogens is 1. The number of alkyl halides is 3. The number of rotatable bonds is 2. The third-order valence-electron chi connectivity index (χ3n) is 6.22. The van der Waals surface area contributed by atoms with E-state index >= 15 is 0 Å². The summed E-state index contributed by atoms with van der Waals surface area (Å²) in [5.41, 5.74) is 0.592. The van der Waals surface area contributed by atoms with E-state index < -0.39 is 29.2 Å². The molecule has 1 unspecified atom stereocenters. The summed E-state index contributed by atoms with van der Waals surface area (Å²) >= 11 is 1.11. The molecule has 1 aromatic heterocycles. The van der Waals surface area contributed by atoms with Crippen LogP contribution in [0.15, 0.2) is 69.6 Å². The number of benzene rings is 2. The zero-order valence-corrected chi connectivity index (χ0v) is 19.6. The SMILES string of the molecule is CC1(C)CC(=O)C2=C(C1)N=c1sc(=Cc3ccc(C(F)(F)F)cc3)c(=O)n1C2c1ccc(F)cc1. The van der Waals surface area contributed by atoms with E-state index in [0.717, 1.165) is 23.5 Å². The number of hydrogen-bond donors (Lipinski definition) is 0. The molecule has 2 aromatic carbocycles. The van der Waals surface area contributed by atoms with E-state index in [4.69, 9.17) is 0 Å². The number of halogens is 4. The molecule has 1 atom stereocenters. The topological polar surface area (TPSA) is 51.4 Å². The standard InChI is InChI=1S/C26H20F4N2O2S/c1-25(2)12-18-21(19(33)13-25)22(15-5-9-17(27)10-6-15)32-23(34)20(35-24(32)31-18)11-14-3-7-16(8-4-14)26(28,29)30/h3-11,22H,12-13H2,1-2H3. The number of carbonyl (C=O) groups is 1. The van der Waals surface area contributed by atoms with Crippen LogP contribution in [0.25, 0.3) is 6.08 Å². The van der Waals surface area contributed by atoms with Crippen molar-refractivity contribution in [3.8, 4) is 0 Å². The monoisotopic (exact) mass is 500 g/mol. The van der Waals surface area contributed by atoms with Crippen LogP contribution in [0, 0.1) is 11.2 Å². The first-order valence-corrected chi connectivity index (χ1v) is 11.8. The average Bonchev–Trinajstić information content (AvgIpc) is 3.06. The van der Waals surface area contributed by atoms with E-state index in [1.807, 2.05) is 13.8 Å². The minimum Gasteiger partial charge on any atom is -0.294 e. The molecule has 2 heterocycles. The fourth-order valence-corrected chi connectivity index (χ4v) is 5.65. The van der Waals surface area contributed by atoms with E-state index in [0.29, 0.717) is 40.0 Å². The molecular formula is C26H20F4N2O2S. The van der Waals surface area contributed by atoms with Crippen molar-refractivity contribution in [2.45, 2.75) is 38.9 Å². The largest absolute Gasteiger partial charge is 0.416 e. The van der Waals surface area contributed by atoms with Gasteiger partial charge in [0.1, 0.15) is 5.82 Å². The lowest BCUT2D eigenvalue weighted by Crippen LogP contribution is -2.42. The van der Waals surface area contributed by atoms with Gasteiger partial charge in [0.25, 0.3) is 5.56 Å². The number of ketones is 1. The first kappa shape index (κ1) is 23.4. The molecule has 0 spiro atoms. The third kappa shape index (κ3) is 4.29. The second-order valence-electron chi connectivity index (χ2n) is 9.56. The molecule has 0 amide bonds. The van der Waals surface area contributed by atoms with Crippen LogP contribution in [0.1, 0.15) is 49.4 Å². The summed E-state index contributed by atoms with van der Waals surface area (Å²) in [6, 6.07) is 9.45. The predicted molar refractivity (Wildman–Crippen MR) is 124 cm³/mol. The fourth-order valence-electron chi connectivity index (χ4n) is 4.63. The van der Waals surface area contributed by atoms with Crippen molar-refractivity contribution in [3.05, 3.63) is 102 Å². The highest BCUT2D eigenvalue weighted by molar-refractivity contribution is 7.07. The number of Topliss-reactive ketones (excluding diaryl/α,β-unsaturated/α-hetero) is 1. The van der Waals surface area contributed by atoms with Gasteiger partial charge in [-0.3, -0.25) is 14.2 Å². The lowest BCUT2D eigenvalue weighted by atomic mass is 9.73. The molecule has 4 nitrogen and oxygen atoms in total. The van der Waals surface area contributed by atoms with Gasteiger partial charge >= 0.3 is 6.18 Å². The predicted octanol–water partition coefficient (Wildman–Crippen LogP) is 4.76. The van der Waals surface area contributed by atoms with E-state index in [2.05, 4.69) is 4.99 Å².